The molecule has 2 heterocycles. The Hall–Kier alpha value is -2.25. The molecule has 5 nitrogen and oxygen atoms in total. The van der Waals surface area contributed by atoms with E-state index in [0.29, 0.717) is 29.2 Å². The molecule has 0 radical (unpaired) electrons. The highest BCUT2D eigenvalue weighted by atomic mass is 35.5. The number of benzene rings is 1. The van der Waals surface area contributed by atoms with Crippen LogP contribution in [-0.2, 0) is 24.1 Å². The summed E-state index contributed by atoms with van der Waals surface area (Å²) in [5, 5.41) is 3.34. The molecule has 2 aromatic heterocycles. The minimum Gasteiger partial charge on any atom is -0.326 e. The van der Waals surface area contributed by atoms with Crippen molar-refractivity contribution in [2.24, 2.45) is 11.3 Å². The van der Waals surface area contributed by atoms with Crippen LogP contribution in [0.1, 0.15) is 49.9 Å². The highest BCUT2D eigenvalue weighted by molar-refractivity contribution is 7.18. The predicted octanol–water partition coefficient (Wildman–Crippen LogP) is 5.50. The number of carbonyl (C=O) groups is 1. The van der Waals surface area contributed by atoms with Gasteiger partial charge in [0.25, 0.3) is 5.56 Å². The van der Waals surface area contributed by atoms with Gasteiger partial charge in [0.05, 0.1) is 10.4 Å². The van der Waals surface area contributed by atoms with Crippen molar-refractivity contribution in [3.8, 4) is 0 Å². The van der Waals surface area contributed by atoms with Gasteiger partial charge in [-0.1, -0.05) is 32.4 Å². The lowest BCUT2D eigenvalue weighted by molar-refractivity contribution is -0.116. The number of nitrogens with zero attached hydrogens (tertiary/aromatic N) is 1. The molecule has 3 aromatic rings. The summed E-state index contributed by atoms with van der Waals surface area (Å²) in [7, 11) is 0. The number of aromatic nitrogens is 2. The molecule has 8 heteroatoms. The minimum atomic E-state index is -0.591. The van der Waals surface area contributed by atoms with E-state index in [4.69, 9.17) is 11.6 Å². The Morgan fingerprint density at radius 2 is 2.16 bits per heavy atom. The average molecular weight is 462 g/mol. The van der Waals surface area contributed by atoms with Gasteiger partial charge in [-0.05, 0) is 54.4 Å². The molecular weight excluding hydrogens is 437 g/mol. The second-order valence-corrected chi connectivity index (χ2v) is 10.7. The second kappa shape index (κ2) is 8.36. The number of hydrogen-bond donors (Lipinski definition) is 2. The third-order valence-corrected chi connectivity index (χ3v) is 7.44. The van der Waals surface area contributed by atoms with E-state index in [1.165, 1.54) is 23.1 Å². The number of carbonyl (C=O) groups excluding carboxylic acids is 1. The second-order valence-electron chi connectivity index (χ2n) is 9.18. The zero-order valence-electron chi connectivity index (χ0n) is 17.8. The summed E-state index contributed by atoms with van der Waals surface area (Å²) in [5.74, 6) is 0.197. The summed E-state index contributed by atoms with van der Waals surface area (Å²) in [6.07, 6.45) is 3.38. The number of rotatable bonds is 4. The Labute approximate surface area is 189 Å². The summed E-state index contributed by atoms with van der Waals surface area (Å²) in [4.78, 5) is 34.5. The van der Waals surface area contributed by atoms with Gasteiger partial charge in [-0.25, -0.2) is 9.37 Å². The fourth-order valence-corrected chi connectivity index (χ4v) is 5.55. The number of halogens is 2. The Balaban J connectivity index is 1.48. The van der Waals surface area contributed by atoms with Crippen molar-refractivity contribution in [1.82, 2.24) is 9.97 Å². The fraction of sp³-hybridized carbons (Fsp3) is 0.435. The first kappa shape index (κ1) is 22.0. The van der Waals surface area contributed by atoms with Gasteiger partial charge in [0.2, 0.25) is 5.91 Å². The predicted molar refractivity (Wildman–Crippen MR) is 124 cm³/mol. The number of nitrogens with one attached hydrogen (secondary N) is 2. The Morgan fingerprint density at radius 1 is 1.39 bits per heavy atom. The van der Waals surface area contributed by atoms with E-state index in [-0.39, 0.29) is 28.3 Å². The van der Waals surface area contributed by atoms with E-state index in [2.05, 4.69) is 36.1 Å². The van der Waals surface area contributed by atoms with Crippen LogP contribution in [0.2, 0.25) is 5.02 Å². The summed E-state index contributed by atoms with van der Waals surface area (Å²) in [5.41, 5.74) is 1.58. The van der Waals surface area contributed by atoms with Gasteiger partial charge in [0, 0.05) is 23.4 Å². The van der Waals surface area contributed by atoms with Gasteiger partial charge in [0.15, 0.2) is 0 Å². The number of aromatic amines is 1. The Kier molecular flexibility index (Phi) is 5.92. The maximum Gasteiger partial charge on any atom is 0.259 e. The van der Waals surface area contributed by atoms with Gasteiger partial charge in [-0.2, -0.15) is 0 Å². The molecule has 0 fully saturated rings. The first-order valence-electron chi connectivity index (χ1n) is 10.4. The van der Waals surface area contributed by atoms with Crippen LogP contribution in [0.15, 0.2) is 23.0 Å². The standard InChI is InChI=1S/C23H25ClFN3O2S/c1-23(2,3)12-4-6-14-17(10-12)31-22-20(14)21(30)27-18(28-22)8-9-19(29)26-13-5-7-15(24)16(25)11-13/h5,7,11-12H,4,6,8-10H2,1-3H3,(H,26,29)(H,27,28,30)/t12-/m0/s1. The number of amides is 1. The molecule has 0 bridgehead atoms. The minimum absolute atomic E-state index is 0.000502. The van der Waals surface area contributed by atoms with Crippen molar-refractivity contribution < 1.29 is 9.18 Å². The molecule has 1 aromatic carbocycles. The highest BCUT2D eigenvalue weighted by Gasteiger charge is 2.31. The summed E-state index contributed by atoms with van der Waals surface area (Å²) in [6.45, 7) is 6.80. The molecule has 164 valence electrons. The molecule has 1 amide bonds. The van der Waals surface area contributed by atoms with Crippen molar-refractivity contribution >= 4 is 44.7 Å². The Morgan fingerprint density at radius 3 is 2.87 bits per heavy atom. The molecule has 1 atom stereocenters. The van der Waals surface area contributed by atoms with Crippen LogP contribution in [0.5, 0.6) is 0 Å². The van der Waals surface area contributed by atoms with Crippen LogP contribution < -0.4 is 10.9 Å². The summed E-state index contributed by atoms with van der Waals surface area (Å²) in [6, 6.07) is 4.10. The van der Waals surface area contributed by atoms with Crippen LogP contribution in [0.3, 0.4) is 0 Å². The first-order chi connectivity index (χ1) is 14.6. The first-order valence-corrected chi connectivity index (χ1v) is 11.6. The molecule has 2 N–H and O–H groups in total. The van der Waals surface area contributed by atoms with E-state index in [0.717, 1.165) is 29.7 Å². The molecule has 31 heavy (non-hydrogen) atoms. The van der Waals surface area contributed by atoms with Crippen molar-refractivity contribution in [2.75, 3.05) is 5.32 Å². The van der Waals surface area contributed by atoms with E-state index < -0.39 is 5.82 Å². The SMILES string of the molecule is CC(C)(C)[C@H]1CCc2c(sc3nc(CCC(=O)Nc4ccc(Cl)c(F)c4)[nH]c(=O)c23)C1. The molecule has 0 unspecified atom stereocenters. The lowest BCUT2D eigenvalue weighted by atomic mass is 9.72. The third kappa shape index (κ3) is 4.67. The monoisotopic (exact) mass is 461 g/mol. The van der Waals surface area contributed by atoms with Gasteiger partial charge in [-0.3, -0.25) is 9.59 Å². The normalized spacial score (nSPS) is 16.4. The molecule has 0 spiro atoms. The smallest absolute Gasteiger partial charge is 0.259 e. The number of anilines is 1. The largest absolute Gasteiger partial charge is 0.326 e. The lowest BCUT2D eigenvalue weighted by Crippen LogP contribution is -2.26. The zero-order chi connectivity index (χ0) is 22.3. The lowest BCUT2D eigenvalue weighted by Gasteiger charge is -2.33. The number of hydrogen-bond acceptors (Lipinski definition) is 4. The summed E-state index contributed by atoms with van der Waals surface area (Å²) < 4.78 is 13.5. The van der Waals surface area contributed by atoms with Crippen LogP contribution in [-0.4, -0.2) is 15.9 Å². The van der Waals surface area contributed by atoms with Gasteiger partial charge < -0.3 is 10.3 Å². The van der Waals surface area contributed by atoms with Crippen molar-refractivity contribution in [3.05, 3.63) is 55.7 Å². The number of aryl methyl sites for hydroxylation is 2. The molecule has 4 rings (SSSR count). The topological polar surface area (TPSA) is 74.8 Å². The van der Waals surface area contributed by atoms with E-state index in [1.54, 1.807) is 11.3 Å². The van der Waals surface area contributed by atoms with E-state index in [1.807, 2.05) is 0 Å². The molecule has 0 saturated heterocycles. The van der Waals surface area contributed by atoms with Crippen LogP contribution in [0.25, 0.3) is 10.2 Å². The molecule has 0 aliphatic heterocycles. The molecular formula is C23H25ClFN3O2S. The van der Waals surface area contributed by atoms with Crippen LogP contribution >= 0.6 is 22.9 Å². The maximum absolute atomic E-state index is 13.5. The zero-order valence-corrected chi connectivity index (χ0v) is 19.3. The van der Waals surface area contributed by atoms with E-state index >= 15 is 0 Å². The van der Waals surface area contributed by atoms with Gasteiger partial charge in [0.1, 0.15) is 16.5 Å². The Bertz CT molecular complexity index is 1210. The average Bonchev–Trinajstić information content (AvgIpc) is 3.06. The molecule has 1 aliphatic rings. The molecule has 0 saturated carbocycles. The summed E-state index contributed by atoms with van der Waals surface area (Å²) >= 11 is 7.26. The van der Waals surface area contributed by atoms with Crippen molar-refractivity contribution in [3.63, 3.8) is 0 Å². The number of fused-ring (bicyclic) bond motifs is 3. The van der Waals surface area contributed by atoms with Gasteiger partial charge in [-0.15, -0.1) is 11.3 Å². The van der Waals surface area contributed by atoms with Crippen LogP contribution in [0.4, 0.5) is 10.1 Å². The van der Waals surface area contributed by atoms with Crippen LogP contribution in [0, 0.1) is 17.2 Å². The maximum atomic E-state index is 13.5. The third-order valence-electron chi connectivity index (χ3n) is 5.99. The molecule has 1 aliphatic carbocycles. The van der Waals surface area contributed by atoms with Crippen molar-refractivity contribution in [2.45, 2.75) is 52.9 Å². The van der Waals surface area contributed by atoms with E-state index in [9.17, 15) is 14.0 Å². The quantitative estimate of drug-likeness (QED) is 0.538. The number of thiophene rings is 1. The highest BCUT2D eigenvalue weighted by Crippen LogP contribution is 2.42. The van der Waals surface area contributed by atoms with Crippen molar-refractivity contribution in [1.29, 1.82) is 0 Å². The number of H-pyrrole nitrogens is 1. The fourth-order valence-electron chi connectivity index (χ4n) is 4.12. The van der Waals surface area contributed by atoms with Gasteiger partial charge >= 0.3 is 0 Å².